The lowest BCUT2D eigenvalue weighted by atomic mass is 10.1. The van der Waals surface area contributed by atoms with Crippen LogP contribution in [0, 0.1) is 6.92 Å². The summed E-state index contributed by atoms with van der Waals surface area (Å²) in [6.07, 6.45) is 1.45. The molecule has 0 unspecified atom stereocenters. The number of benzene rings is 2. The molecule has 6 heteroatoms. The molecule has 2 aromatic carbocycles. The maximum atomic E-state index is 13.1. The van der Waals surface area contributed by atoms with Crippen molar-refractivity contribution in [2.75, 3.05) is 20.3 Å². The molecule has 0 radical (unpaired) electrons. The summed E-state index contributed by atoms with van der Waals surface area (Å²) in [7, 11) is 1.62. The summed E-state index contributed by atoms with van der Waals surface area (Å²) in [5.74, 6) is 1.35. The molecule has 0 heterocycles. The molecule has 0 aromatic heterocycles. The van der Waals surface area contributed by atoms with Gasteiger partial charge in [-0.15, -0.1) is 0 Å². The molecule has 0 aliphatic carbocycles. The number of carbonyl (C=O) groups excluding carboxylic acids is 2. The summed E-state index contributed by atoms with van der Waals surface area (Å²) in [5.41, 5.74) is 2.17. The number of rotatable bonds is 12. The first-order chi connectivity index (χ1) is 15.0. The number of ether oxygens (including phenoxy) is 2. The van der Waals surface area contributed by atoms with Crippen LogP contribution in [0.25, 0.3) is 0 Å². The molecule has 2 aromatic rings. The number of methoxy groups -OCH3 is 1. The van der Waals surface area contributed by atoms with Crippen molar-refractivity contribution in [2.45, 2.75) is 52.6 Å². The highest BCUT2D eigenvalue weighted by atomic mass is 16.5. The highest BCUT2D eigenvalue weighted by Crippen LogP contribution is 2.18. The van der Waals surface area contributed by atoms with E-state index in [0.717, 1.165) is 22.6 Å². The summed E-state index contributed by atoms with van der Waals surface area (Å²) in [5, 5.41) is 2.86. The quantitative estimate of drug-likeness (QED) is 0.519. The Morgan fingerprint density at radius 1 is 1.00 bits per heavy atom. The van der Waals surface area contributed by atoms with Crippen LogP contribution in [0.2, 0.25) is 0 Å². The van der Waals surface area contributed by atoms with Crippen molar-refractivity contribution in [2.24, 2.45) is 0 Å². The molecule has 0 aliphatic heterocycles. The van der Waals surface area contributed by atoms with Gasteiger partial charge in [0.05, 0.1) is 13.7 Å². The number of nitrogens with zero attached hydrogens (tertiary/aromatic N) is 1. The summed E-state index contributed by atoms with van der Waals surface area (Å²) in [6.45, 7) is 7.22. The monoisotopic (exact) mass is 426 g/mol. The smallest absolute Gasteiger partial charge is 0.242 e. The van der Waals surface area contributed by atoms with Crippen molar-refractivity contribution < 1.29 is 19.1 Å². The maximum absolute atomic E-state index is 13.1. The standard InChI is InChI=1S/C25H34N2O4/c1-5-23(25(29)26-6-2)27(18-20-11-9-19(3)10-12-20)24(28)8-7-17-31-22-15-13-21(30-4)14-16-22/h9-16,23H,5-8,17-18H2,1-4H3,(H,26,29)/t23-/m0/s1. The van der Waals surface area contributed by atoms with Crippen molar-refractivity contribution in [1.29, 1.82) is 0 Å². The molecule has 2 rings (SSSR count). The fourth-order valence-electron chi connectivity index (χ4n) is 3.33. The van der Waals surface area contributed by atoms with Gasteiger partial charge in [0.1, 0.15) is 17.5 Å². The van der Waals surface area contributed by atoms with Gasteiger partial charge in [-0.2, -0.15) is 0 Å². The van der Waals surface area contributed by atoms with Gasteiger partial charge in [0.2, 0.25) is 11.8 Å². The fourth-order valence-corrected chi connectivity index (χ4v) is 3.33. The van der Waals surface area contributed by atoms with Crippen LogP contribution in [-0.2, 0) is 16.1 Å². The van der Waals surface area contributed by atoms with Crippen LogP contribution in [-0.4, -0.2) is 43.0 Å². The molecular weight excluding hydrogens is 392 g/mol. The molecule has 0 aliphatic rings. The second-order valence-corrected chi connectivity index (χ2v) is 7.45. The maximum Gasteiger partial charge on any atom is 0.242 e. The second kappa shape index (κ2) is 12.6. The van der Waals surface area contributed by atoms with E-state index in [1.54, 1.807) is 12.0 Å². The lowest BCUT2D eigenvalue weighted by molar-refractivity contribution is -0.141. The minimum Gasteiger partial charge on any atom is -0.497 e. The van der Waals surface area contributed by atoms with E-state index in [1.165, 1.54) is 0 Å². The normalized spacial score (nSPS) is 11.5. The van der Waals surface area contributed by atoms with Crippen LogP contribution in [0.4, 0.5) is 0 Å². The lowest BCUT2D eigenvalue weighted by Crippen LogP contribution is -2.49. The number of carbonyl (C=O) groups is 2. The zero-order chi connectivity index (χ0) is 22.6. The van der Waals surface area contributed by atoms with Gasteiger partial charge in [0, 0.05) is 19.5 Å². The van der Waals surface area contributed by atoms with Gasteiger partial charge in [0.15, 0.2) is 0 Å². The molecule has 0 saturated heterocycles. The van der Waals surface area contributed by atoms with Gasteiger partial charge < -0.3 is 19.7 Å². The SMILES string of the molecule is CCNC(=O)[C@H](CC)N(Cc1ccc(C)cc1)C(=O)CCCOc1ccc(OC)cc1. The first kappa shape index (κ1) is 24.3. The summed E-state index contributed by atoms with van der Waals surface area (Å²) >= 11 is 0. The van der Waals surface area contributed by atoms with Crippen LogP contribution in [0.1, 0.15) is 44.2 Å². The molecule has 1 N–H and O–H groups in total. The van der Waals surface area contributed by atoms with E-state index in [2.05, 4.69) is 5.32 Å². The Bertz CT molecular complexity index is 818. The van der Waals surface area contributed by atoms with E-state index in [4.69, 9.17) is 9.47 Å². The van der Waals surface area contributed by atoms with E-state index in [9.17, 15) is 9.59 Å². The number of likely N-dealkylation sites (N-methyl/N-ethyl adjacent to an activating group) is 1. The van der Waals surface area contributed by atoms with E-state index >= 15 is 0 Å². The number of hydrogen-bond donors (Lipinski definition) is 1. The van der Waals surface area contributed by atoms with Gasteiger partial charge >= 0.3 is 0 Å². The molecule has 0 saturated carbocycles. The minimum atomic E-state index is -0.490. The van der Waals surface area contributed by atoms with Gasteiger partial charge in [0.25, 0.3) is 0 Å². The molecule has 0 spiro atoms. The van der Waals surface area contributed by atoms with Crippen LogP contribution in [0.3, 0.4) is 0 Å². The summed E-state index contributed by atoms with van der Waals surface area (Å²) in [4.78, 5) is 27.4. The zero-order valence-corrected chi connectivity index (χ0v) is 19.0. The van der Waals surface area contributed by atoms with Gasteiger partial charge in [-0.1, -0.05) is 36.8 Å². The lowest BCUT2D eigenvalue weighted by Gasteiger charge is -2.30. The fraction of sp³-hybridized carbons (Fsp3) is 0.440. The Kier molecular flexibility index (Phi) is 9.88. The van der Waals surface area contributed by atoms with Crippen molar-refractivity contribution in [3.8, 4) is 11.5 Å². The number of hydrogen-bond acceptors (Lipinski definition) is 4. The Balaban J connectivity index is 2.00. The van der Waals surface area contributed by atoms with Crippen molar-refractivity contribution >= 4 is 11.8 Å². The predicted molar refractivity (Wildman–Crippen MR) is 122 cm³/mol. The predicted octanol–water partition coefficient (Wildman–Crippen LogP) is 4.11. The third-order valence-corrected chi connectivity index (χ3v) is 5.07. The van der Waals surface area contributed by atoms with E-state index in [0.29, 0.717) is 39.0 Å². The van der Waals surface area contributed by atoms with Crippen molar-refractivity contribution in [1.82, 2.24) is 10.2 Å². The van der Waals surface area contributed by atoms with E-state index < -0.39 is 6.04 Å². The van der Waals surface area contributed by atoms with Gasteiger partial charge in [-0.3, -0.25) is 9.59 Å². The molecular formula is C25H34N2O4. The van der Waals surface area contributed by atoms with E-state index in [-0.39, 0.29) is 11.8 Å². The third kappa shape index (κ3) is 7.63. The van der Waals surface area contributed by atoms with Crippen molar-refractivity contribution in [3.63, 3.8) is 0 Å². The number of aryl methyl sites for hydroxylation is 1. The molecule has 2 amide bonds. The average Bonchev–Trinajstić information content (AvgIpc) is 2.78. The largest absolute Gasteiger partial charge is 0.497 e. The highest BCUT2D eigenvalue weighted by molar-refractivity contribution is 5.87. The Morgan fingerprint density at radius 3 is 2.23 bits per heavy atom. The van der Waals surface area contributed by atoms with Crippen LogP contribution < -0.4 is 14.8 Å². The Morgan fingerprint density at radius 2 is 1.65 bits per heavy atom. The number of amides is 2. The minimum absolute atomic E-state index is 0.0444. The Labute approximate surface area is 185 Å². The molecule has 0 bridgehead atoms. The third-order valence-electron chi connectivity index (χ3n) is 5.07. The van der Waals surface area contributed by atoms with Crippen LogP contribution >= 0.6 is 0 Å². The van der Waals surface area contributed by atoms with Gasteiger partial charge in [-0.25, -0.2) is 0 Å². The van der Waals surface area contributed by atoms with Crippen LogP contribution in [0.15, 0.2) is 48.5 Å². The van der Waals surface area contributed by atoms with E-state index in [1.807, 2.05) is 69.3 Å². The summed E-state index contributed by atoms with van der Waals surface area (Å²) in [6, 6.07) is 14.9. The van der Waals surface area contributed by atoms with Crippen molar-refractivity contribution in [3.05, 3.63) is 59.7 Å². The summed E-state index contributed by atoms with van der Waals surface area (Å²) < 4.78 is 10.9. The Hall–Kier alpha value is -3.02. The van der Waals surface area contributed by atoms with Gasteiger partial charge in [-0.05, 0) is 56.5 Å². The average molecular weight is 427 g/mol. The molecule has 6 nitrogen and oxygen atoms in total. The first-order valence-corrected chi connectivity index (χ1v) is 10.9. The highest BCUT2D eigenvalue weighted by Gasteiger charge is 2.27. The second-order valence-electron chi connectivity index (χ2n) is 7.45. The zero-order valence-electron chi connectivity index (χ0n) is 19.0. The molecule has 31 heavy (non-hydrogen) atoms. The molecule has 168 valence electrons. The van der Waals surface area contributed by atoms with Crippen LogP contribution in [0.5, 0.6) is 11.5 Å². The number of nitrogens with one attached hydrogen (secondary N) is 1. The molecule has 0 fully saturated rings. The molecule has 1 atom stereocenters. The first-order valence-electron chi connectivity index (χ1n) is 10.9. The topological polar surface area (TPSA) is 67.9 Å².